The number of rotatable bonds is 9. The highest BCUT2D eigenvalue weighted by molar-refractivity contribution is 7.90. The molecular weight excluding hydrogens is 486 g/mol. The Hall–Kier alpha value is -2.79. The summed E-state index contributed by atoms with van der Waals surface area (Å²) < 4.78 is 28.8. The Morgan fingerprint density at radius 2 is 1.42 bits per heavy atom. The molecule has 1 aromatic carbocycles. The fraction of sp³-hybridized carbons (Fsp3) is 0.600. The SMILES string of the molecule is CC[C@H](NC(=O)C(CC(=O)N1CCOCC1)CS(C)(=O)=O)C(=O)C(=O)N1CCCC1.c1ccccc1. The molecule has 200 valence electrons. The van der Waals surface area contributed by atoms with Crippen LogP contribution < -0.4 is 5.32 Å². The van der Waals surface area contributed by atoms with E-state index in [9.17, 15) is 27.6 Å². The molecule has 0 aromatic heterocycles. The molecule has 36 heavy (non-hydrogen) atoms. The van der Waals surface area contributed by atoms with E-state index >= 15 is 0 Å². The number of nitrogens with one attached hydrogen (secondary N) is 1. The molecule has 11 heteroatoms. The van der Waals surface area contributed by atoms with Crippen molar-refractivity contribution in [2.75, 3.05) is 51.4 Å². The van der Waals surface area contributed by atoms with E-state index in [-0.39, 0.29) is 18.7 Å². The third kappa shape index (κ3) is 10.1. The lowest BCUT2D eigenvalue weighted by molar-refractivity contribution is -0.146. The molecule has 0 bridgehead atoms. The quantitative estimate of drug-likeness (QED) is 0.471. The average molecular weight is 524 g/mol. The number of hydrogen-bond acceptors (Lipinski definition) is 7. The Labute approximate surface area is 213 Å². The molecule has 2 fully saturated rings. The maximum atomic E-state index is 12.8. The largest absolute Gasteiger partial charge is 0.378 e. The van der Waals surface area contributed by atoms with Crippen LogP contribution in [0.2, 0.25) is 0 Å². The van der Waals surface area contributed by atoms with Gasteiger partial charge in [0.05, 0.1) is 30.9 Å². The van der Waals surface area contributed by atoms with Crippen LogP contribution in [0, 0.1) is 5.92 Å². The molecule has 10 nitrogen and oxygen atoms in total. The summed E-state index contributed by atoms with van der Waals surface area (Å²) in [6, 6.07) is 11.0. The molecule has 2 saturated heterocycles. The van der Waals surface area contributed by atoms with Gasteiger partial charge in [-0.2, -0.15) is 0 Å². The van der Waals surface area contributed by atoms with Crippen molar-refractivity contribution in [3.63, 3.8) is 0 Å². The van der Waals surface area contributed by atoms with Gasteiger partial charge in [-0.05, 0) is 19.3 Å². The minimum Gasteiger partial charge on any atom is -0.378 e. The van der Waals surface area contributed by atoms with Crippen molar-refractivity contribution in [1.82, 2.24) is 15.1 Å². The first-order valence-corrected chi connectivity index (χ1v) is 14.3. The zero-order valence-corrected chi connectivity index (χ0v) is 21.9. The van der Waals surface area contributed by atoms with Crippen LogP contribution in [0.1, 0.15) is 32.6 Å². The topological polar surface area (TPSA) is 130 Å². The molecule has 1 unspecified atom stereocenters. The van der Waals surface area contributed by atoms with Crippen LogP contribution in [0.15, 0.2) is 36.4 Å². The predicted molar refractivity (Wildman–Crippen MR) is 135 cm³/mol. The van der Waals surface area contributed by atoms with Gasteiger partial charge in [0.1, 0.15) is 9.84 Å². The third-order valence-corrected chi connectivity index (χ3v) is 6.98. The van der Waals surface area contributed by atoms with Gasteiger partial charge in [0.25, 0.3) is 5.91 Å². The van der Waals surface area contributed by atoms with Gasteiger partial charge in [-0.15, -0.1) is 0 Å². The van der Waals surface area contributed by atoms with E-state index in [0.717, 1.165) is 19.1 Å². The van der Waals surface area contributed by atoms with Gasteiger partial charge in [-0.25, -0.2) is 8.42 Å². The molecule has 2 heterocycles. The predicted octanol–water partition coefficient (Wildman–Crippen LogP) is 0.669. The monoisotopic (exact) mass is 523 g/mol. The fourth-order valence-electron chi connectivity index (χ4n) is 4.00. The van der Waals surface area contributed by atoms with Gasteiger partial charge < -0.3 is 19.9 Å². The van der Waals surface area contributed by atoms with E-state index < -0.39 is 45.1 Å². The van der Waals surface area contributed by atoms with Crippen LogP contribution in [-0.2, 0) is 33.8 Å². The standard InChI is InChI=1S/C19H31N3O7S.C6H6/c1-3-15(17(24)19(26)22-6-4-5-7-22)20-18(25)14(13-30(2,27)28)12-16(23)21-8-10-29-11-9-21;1-2-4-6-5-3-1/h14-15H,3-13H2,1-2H3,(H,20,25);1-6H/t14?,15-;/m0./s1. The number of sulfone groups is 1. The molecule has 2 aliphatic rings. The van der Waals surface area contributed by atoms with Gasteiger partial charge in [0.15, 0.2) is 0 Å². The van der Waals surface area contributed by atoms with Crippen LogP contribution in [0.4, 0.5) is 0 Å². The zero-order chi connectivity index (χ0) is 26.6. The summed E-state index contributed by atoms with van der Waals surface area (Å²) in [5, 5.41) is 2.51. The summed E-state index contributed by atoms with van der Waals surface area (Å²) in [5.41, 5.74) is 0. The molecule has 3 amide bonds. The minimum atomic E-state index is -3.55. The summed E-state index contributed by atoms with van der Waals surface area (Å²) >= 11 is 0. The molecule has 0 saturated carbocycles. The average Bonchev–Trinajstić information content (AvgIpc) is 3.42. The van der Waals surface area contributed by atoms with Crippen molar-refractivity contribution in [3.05, 3.63) is 36.4 Å². The van der Waals surface area contributed by atoms with Crippen molar-refractivity contribution in [2.45, 2.75) is 38.6 Å². The van der Waals surface area contributed by atoms with Crippen LogP contribution >= 0.6 is 0 Å². The Kier molecular flexibility index (Phi) is 12.0. The number of likely N-dealkylation sites (tertiary alicyclic amines) is 1. The molecular formula is C25H37N3O7S. The Bertz CT molecular complexity index is 946. The fourth-order valence-corrected chi connectivity index (χ4v) is 5.00. The molecule has 1 N–H and O–H groups in total. The maximum absolute atomic E-state index is 12.8. The summed E-state index contributed by atoms with van der Waals surface area (Å²) in [6.45, 7) is 4.22. The summed E-state index contributed by atoms with van der Waals surface area (Å²) in [4.78, 5) is 53.3. The number of Topliss-reactive ketones (excluding diaryl/α,β-unsaturated/α-hetero) is 1. The molecule has 3 rings (SSSR count). The van der Waals surface area contributed by atoms with Gasteiger partial charge in [0, 0.05) is 38.9 Å². The van der Waals surface area contributed by atoms with Crippen molar-refractivity contribution >= 4 is 33.3 Å². The van der Waals surface area contributed by atoms with Gasteiger partial charge >= 0.3 is 0 Å². The highest BCUT2D eigenvalue weighted by Crippen LogP contribution is 2.14. The highest BCUT2D eigenvalue weighted by Gasteiger charge is 2.34. The van der Waals surface area contributed by atoms with E-state index in [1.54, 1.807) is 6.92 Å². The second-order valence-corrected chi connectivity index (χ2v) is 11.2. The Morgan fingerprint density at radius 3 is 1.89 bits per heavy atom. The lowest BCUT2D eigenvalue weighted by Crippen LogP contribution is -2.51. The van der Waals surface area contributed by atoms with E-state index in [0.29, 0.717) is 39.4 Å². The number of benzene rings is 1. The molecule has 0 radical (unpaired) electrons. The Balaban J connectivity index is 0.000000662. The number of carbonyl (C=O) groups excluding carboxylic acids is 4. The van der Waals surface area contributed by atoms with Crippen LogP contribution in [0.5, 0.6) is 0 Å². The maximum Gasteiger partial charge on any atom is 0.292 e. The summed E-state index contributed by atoms with van der Waals surface area (Å²) in [5.74, 6) is -4.06. The first-order valence-electron chi connectivity index (χ1n) is 12.3. The van der Waals surface area contributed by atoms with E-state index in [4.69, 9.17) is 4.74 Å². The summed E-state index contributed by atoms with van der Waals surface area (Å²) in [6.07, 6.45) is 2.56. The van der Waals surface area contributed by atoms with Crippen molar-refractivity contribution in [1.29, 1.82) is 0 Å². The van der Waals surface area contributed by atoms with E-state index in [2.05, 4.69) is 5.32 Å². The highest BCUT2D eigenvalue weighted by atomic mass is 32.2. The number of hydrogen-bond donors (Lipinski definition) is 1. The first-order chi connectivity index (χ1) is 17.1. The Morgan fingerprint density at radius 1 is 0.889 bits per heavy atom. The lowest BCUT2D eigenvalue weighted by Gasteiger charge is -2.28. The summed E-state index contributed by atoms with van der Waals surface area (Å²) in [7, 11) is -3.55. The minimum absolute atomic E-state index is 0.188. The second-order valence-electron chi connectivity index (χ2n) is 8.97. The van der Waals surface area contributed by atoms with Crippen molar-refractivity contribution in [2.24, 2.45) is 5.92 Å². The molecule has 0 aliphatic carbocycles. The first kappa shape index (κ1) is 29.4. The number of amides is 3. The third-order valence-electron chi connectivity index (χ3n) is 5.97. The van der Waals surface area contributed by atoms with E-state index in [1.165, 1.54) is 9.80 Å². The number of ketones is 1. The molecule has 2 atom stereocenters. The normalized spacial score (nSPS) is 17.4. The number of ether oxygens (including phenoxy) is 1. The lowest BCUT2D eigenvalue weighted by atomic mass is 10.0. The zero-order valence-electron chi connectivity index (χ0n) is 21.1. The molecule has 2 aliphatic heterocycles. The van der Waals surface area contributed by atoms with Crippen LogP contribution in [-0.4, -0.2) is 99.2 Å². The number of carbonyl (C=O) groups is 4. The van der Waals surface area contributed by atoms with Crippen molar-refractivity contribution in [3.8, 4) is 0 Å². The second kappa shape index (κ2) is 14.7. The number of morpholine rings is 1. The van der Waals surface area contributed by atoms with E-state index in [1.807, 2.05) is 36.4 Å². The van der Waals surface area contributed by atoms with Gasteiger partial charge in [-0.3, -0.25) is 19.2 Å². The van der Waals surface area contributed by atoms with Crippen LogP contribution in [0.25, 0.3) is 0 Å². The smallest absolute Gasteiger partial charge is 0.292 e. The number of nitrogens with zero attached hydrogens (tertiary/aromatic N) is 2. The molecule has 0 spiro atoms. The van der Waals surface area contributed by atoms with Crippen LogP contribution in [0.3, 0.4) is 0 Å². The van der Waals surface area contributed by atoms with Gasteiger partial charge in [-0.1, -0.05) is 43.3 Å². The molecule has 1 aromatic rings. The van der Waals surface area contributed by atoms with Crippen molar-refractivity contribution < 1.29 is 32.3 Å². The van der Waals surface area contributed by atoms with Gasteiger partial charge in [0.2, 0.25) is 17.6 Å².